The van der Waals surface area contributed by atoms with Crippen LogP contribution in [0.2, 0.25) is 0 Å². The topological polar surface area (TPSA) is 314 Å². The van der Waals surface area contributed by atoms with Gasteiger partial charge in [-0.3, -0.25) is 24.0 Å². The first kappa shape index (κ1) is 72.6. The molecule has 11 atom stereocenters. The minimum Gasteiger partial charge on any atom is -0.439 e. The molecule has 2 aliphatic rings. The zero-order chi connectivity index (χ0) is 62.2. The van der Waals surface area contributed by atoms with Gasteiger partial charge in [0, 0.05) is 88.1 Å². The molecular formula is C61H93N7O15. The minimum atomic E-state index is -1.10. The van der Waals surface area contributed by atoms with Gasteiger partial charge in [-0.2, -0.15) is 0 Å². The molecule has 0 saturated heterocycles. The molecule has 1 heterocycles. The molecule has 22 nitrogen and oxygen atoms in total. The van der Waals surface area contributed by atoms with E-state index in [2.05, 4.69) is 31.8 Å². The Kier molecular flexibility index (Phi) is 34.2. The van der Waals surface area contributed by atoms with E-state index in [0.717, 1.165) is 18.1 Å². The van der Waals surface area contributed by atoms with E-state index in [9.17, 15) is 43.9 Å². The van der Waals surface area contributed by atoms with Crippen LogP contribution in [0.25, 0.3) is 0 Å². The van der Waals surface area contributed by atoms with Gasteiger partial charge in [0.15, 0.2) is 19.1 Å². The Hall–Kier alpha value is -6.50. The average molecular weight is 1160 g/mol. The van der Waals surface area contributed by atoms with Crippen LogP contribution >= 0.6 is 0 Å². The van der Waals surface area contributed by atoms with Gasteiger partial charge in [0.05, 0.1) is 23.6 Å². The van der Waals surface area contributed by atoms with E-state index in [0.29, 0.717) is 69.4 Å². The number of ketones is 3. The second-order valence-corrected chi connectivity index (χ2v) is 21.0. The van der Waals surface area contributed by atoms with Crippen molar-refractivity contribution in [3.63, 3.8) is 0 Å². The molecule has 1 aliphatic carbocycles. The normalized spacial score (nSPS) is 25.6. The summed E-state index contributed by atoms with van der Waals surface area (Å²) in [6.07, 6.45) is 13.9. The fourth-order valence-electron chi connectivity index (χ4n) is 9.26. The summed E-state index contributed by atoms with van der Waals surface area (Å²) in [5, 5.41) is 40.0. The number of carbonyl (C=O) groups is 6. The number of hydrogen-bond donors (Lipinski definition) is 8. The molecule has 0 aromatic heterocycles. The number of amides is 2. The van der Waals surface area contributed by atoms with Gasteiger partial charge in [-0.1, -0.05) is 83.6 Å². The maximum absolute atomic E-state index is 14.2. The van der Waals surface area contributed by atoms with Crippen LogP contribution in [0.5, 0.6) is 0 Å². The van der Waals surface area contributed by atoms with Crippen molar-refractivity contribution in [2.24, 2.45) is 34.6 Å². The highest BCUT2D eigenvalue weighted by Gasteiger charge is 2.32. The lowest BCUT2D eigenvalue weighted by atomic mass is 9.87. The number of aldehydes is 1. The van der Waals surface area contributed by atoms with Crippen LogP contribution in [0.3, 0.4) is 0 Å². The summed E-state index contributed by atoms with van der Waals surface area (Å²) in [7, 11) is 5.78. The molecule has 0 saturated carbocycles. The first-order valence-electron chi connectivity index (χ1n) is 28.1. The number of allylic oxidation sites excluding steroid dienone is 9. The van der Waals surface area contributed by atoms with Crippen molar-refractivity contribution in [2.45, 2.75) is 144 Å². The predicted octanol–water partition coefficient (Wildman–Crippen LogP) is 6.00. The number of nitrogens with two attached hydrogens (primary N) is 1. The summed E-state index contributed by atoms with van der Waals surface area (Å²) in [5.41, 5.74) is 8.20. The lowest BCUT2D eigenvalue weighted by Crippen LogP contribution is -2.36. The Balaban J connectivity index is 2.18. The molecule has 11 unspecified atom stereocenters. The number of nitrogens with zero attached hydrogens (tertiary/aromatic N) is 1. The second-order valence-electron chi connectivity index (χ2n) is 21.0. The largest absolute Gasteiger partial charge is 0.439 e. The molecule has 0 aromatic carbocycles. The van der Waals surface area contributed by atoms with Crippen molar-refractivity contribution in [1.29, 1.82) is 0 Å². The Bertz CT molecular complexity index is 2490. The number of methoxy groups -OCH3 is 4. The van der Waals surface area contributed by atoms with E-state index in [1.165, 1.54) is 53.6 Å². The van der Waals surface area contributed by atoms with Crippen molar-refractivity contribution < 1.29 is 67.4 Å². The van der Waals surface area contributed by atoms with Crippen molar-refractivity contribution in [1.82, 2.24) is 26.6 Å². The number of nitrogens with one attached hydrogen (secondary N) is 5. The van der Waals surface area contributed by atoms with E-state index in [1.54, 1.807) is 57.4 Å². The lowest BCUT2D eigenvalue weighted by molar-refractivity contribution is -0.120. The molecule has 22 heteroatoms. The van der Waals surface area contributed by atoms with Crippen molar-refractivity contribution in [3.05, 3.63) is 123 Å². The first-order chi connectivity index (χ1) is 39.5. The molecule has 0 fully saturated rings. The number of aliphatic hydroxyl groups excluding tert-OH is 2. The van der Waals surface area contributed by atoms with Gasteiger partial charge in [0.2, 0.25) is 17.3 Å². The van der Waals surface area contributed by atoms with E-state index in [4.69, 9.17) is 34.2 Å². The molecule has 462 valence electrons. The van der Waals surface area contributed by atoms with Crippen LogP contribution in [0.15, 0.2) is 123 Å². The summed E-state index contributed by atoms with van der Waals surface area (Å²) in [6, 6.07) is 0. The minimum absolute atomic E-state index is 0.0619. The Labute approximate surface area is 490 Å². The average Bonchev–Trinajstić information content (AvgIpc) is 3.61. The maximum Gasteiger partial charge on any atom is 0.405 e. The Morgan fingerprint density at radius 3 is 2.30 bits per heavy atom. The molecule has 1 aliphatic heterocycles. The summed E-state index contributed by atoms with van der Waals surface area (Å²) in [4.78, 5) is 90.0. The number of primary amides is 1. The quantitative estimate of drug-likeness (QED) is 0.00597. The monoisotopic (exact) mass is 1160 g/mol. The Morgan fingerprint density at radius 2 is 1.69 bits per heavy atom. The highest BCUT2D eigenvalue weighted by atomic mass is 16.6. The number of hydrogen-bond acceptors (Lipinski definition) is 20. The summed E-state index contributed by atoms with van der Waals surface area (Å²) >= 11 is 0. The van der Waals surface area contributed by atoms with Crippen molar-refractivity contribution in [3.8, 4) is 0 Å². The van der Waals surface area contributed by atoms with Crippen LogP contribution in [0.4, 0.5) is 4.79 Å². The second kappa shape index (κ2) is 39.1. The SMILES string of the molecule is CCC(C)CC1=C(NCCCNCCCN/C=C2/N/C(C)=C/C=C\C(OC)C(OCN=O)/C(C)=C/C(C)C(O)C(OC)CC(C)C/C(=C/C=O)C2=O)C(=O)C=C(NC(=O)/C(C)=C/C=C\C(OC)C(OC(N)=O)/C(C)=C/C(C)C(O)OC)C1=O. The highest BCUT2D eigenvalue weighted by molar-refractivity contribution is 6.23. The fraction of sp³-hybridized carbons (Fsp3) is 0.574. The summed E-state index contributed by atoms with van der Waals surface area (Å²) < 4.78 is 33.2. The molecule has 0 aromatic rings. The predicted molar refractivity (Wildman–Crippen MR) is 317 cm³/mol. The van der Waals surface area contributed by atoms with Gasteiger partial charge in [-0.05, 0) is 113 Å². The number of carbonyl (C=O) groups excluding carboxylic acids is 6. The third kappa shape index (κ3) is 25.1. The smallest absolute Gasteiger partial charge is 0.405 e. The van der Waals surface area contributed by atoms with Gasteiger partial charge in [-0.25, -0.2) is 4.79 Å². The molecular weight excluding hydrogens is 1070 g/mol. The Morgan fingerprint density at radius 1 is 0.988 bits per heavy atom. The van der Waals surface area contributed by atoms with Gasteiger partial charge < -0.3 is 71.0 Å². The van der Waals surface area contributed by atoms with E-state index >= 15 is 0 Å². The standard InChI is InChI=1S/C61H93N7O15/c1-14-37(2)30-46-53(49(70)34-47(56(46)73)68-59(74)39(4)19-15-21-51(79-11)58(83-61(62)76)42(7)33-43(8)60(75)81-13)65-27-18-25-63-24-17-26-64-35-48-55(72)45(23-28-69)29-38(3)31-52(80-12)54(71)40(5)32-41(6)57(82-36-66-77)50(78-10)22-16-20-44(9)67-48/h15-16,19-23,28,32-35,37-38,40,43,50-52,54,57-58,60,63-65,67,71,75H,14,17-18,24-27,29-31,36H2,1-13H3,(H2,62,76)(H,68,74)/b21-15-,22-16-,39-19+,41-32+,42-33+,44-20+,45-23-,48-35+. The molecule has 2 amide bonds. The summed E-state index contributed by atoms with van der Waals surface area (Å²) in [6.45, 7) is 17.9. The molecule has 0 radical (unpaired) electrons. The van der Waals surface area contributed by atoms with Gasteiger partial charge in [0.25, 0.3) is 5.91 Å². The maximum atomic E-state index is 14.2. The first-order valence-corrected chi connectivity index (χ1v) is 28.1. The zero-order valence-corrected chi connectivity index (χ0v) is 50.8. The third-order valence-corrected chi connectivity index (χ3v) is 14.1. The zero-order valence-electron chi connectivity index (χ0n) is 50.8. The number of rotatable bonds is 30. The molecule has 0 spiro atoms. The number of ether oxygens (including phenoxy) is 6. The number of aliphatic hydroxyl groups is 2. The van der Waals surface area contributed by atoms with E-state index in [-0.39, 0.29) is 52.1 Å². The molecule has 9 N–H and O–H groups in total. The van der Waals surface area contributed by atoms with Crippen molar-refractivity contribution in [2.75, 3.05) is 61.3 Å². The van der Waals surface area contributed by atoms with Crippen LogP contribution in [0.1, 0.15) is 101 Å². The highest BCUT2D eigenvalue weighted by Crippen LogP contribution is 2.28. The molecule has 83 heavy (non-hydrogen) atoms. The van der Waals surface area contributed by atoms with Gasteiger partial charge in [0.1, 0.15) is 30.3 Å². The van der Waals surface area contributed by atoms with E-state index < -0.39 is 90.8 Å². The number of Topliss-reactive ketones (excluding diaryl/α,β-unsaturated/α-hetero) is 2. The van der Waals surface area contributed by atoms with Gasteiger partial charge in [-0.15, -0.1) is 4.91 Å². The van der Waals surface area contributed by atoms with Crippen LogP contribution in [-0.2, 0) is 52.4 Å². The van der Waals surface area contributed by atoms with Crippen LogP contribution in [-0.4, -0.2) is 150 Å². The van der Waals surface area contributed by atoms with Crippen LogP contribution < -0.4 is 32.3 Å². The van der Waals surface area contributed by atoms with E-state index in [1.807, 2.05) is 40.7 Å². The summed E-state index contributed by atoms with van der Waals surface area (Å²) in [5.74, 6) is -2.90. The molecule has 2 rings (SSSR count). The van der Waals surface area contributed by atoms with Crippen LogP contribution in [0, 0.1) is 28.6 Å². The molecule has 0 bridgehead atoms. The number of nitroso groups, excluding NO2 is 1. The van der Waals surface area contributed by atoms with Crippen molar-refractivity contribution >= 4 is 35.6 Å². The fourth-order valence-corrected chi connectivity index (χ4v) is 9.26. The van der Waals surface area contributed by atoms with Gasteiger partial charge >= 0.3 is 6.09 Å². The lowest BCUT2D eigenvalue weighted by Gasteiger charge is -2.29. The third-order valence-electron chi connectivity index (χ3n) is 14.1.